The van der Waals surface area contributed by atoms with E-state index in [0.717, 1.165) is 17.5 Å². The molecule has 0 aliphatic rings. The molecular formula is C19H22I2N2O2. The number of aliphatic hydroxyl groups is 2. The van der Waals surface area contributed by atoms with E-state index in [1.165, 1.54) is 17.9 Å². The van der Waals surface area contributed by atoms with Gasteiger partial charge in [-0.25, -0.2) is 0 Å². The monoisotopic (exact) mass is 564 g/mol. The quantitative estimate of drug-likeness (QED) is 0.384. The number of hydrogen-bond donors (Lipinski definition) is 3. The zero-order valence-corrected chi connectivity index (χ0v) is 18.4. The molecule has 0 fully saturated rings. The molecule has 0 radical (unpaired) electrons. The molecule has 25 heavy (non-hydrogen) atoms. The van der Waals surface area contributed by atoms with E-state index < -0.39 is 6.10 Å². The van der Waals surface area contributed by atoms with E-state index in [4.69, 9.17) is 0 Å². The Bertz CT molecular complexity index is 815. The first-order valence-corrected chi connectivity index (χ1v) is 10.6. The SMILES string of the molecule is CC[C@@H](CO)NC[C@@H](O)Cn1c2ccc(I)cc2c2cc(I)ccc21. The summed E-state index contributed by atoms with van der Waals surface area (Å²) in [5, 5.41) is 25.5. The van der Waals surface area contributed by atoms with Gasteiger partial charge in [-0.1, -0.05) is 6.92 Å². The van der Waals surface area contributed by atoms with E-state index in [1.54, 1.807) is 0 Å². The molecule has 3 N–H and O–H groups in total. The van der Waals surface area contributed by atoms with Crippen LogP contribution in [0.4, 0.5) is 0 Å². The van der Waals surface area contributed by atoms with Crippen molar-refractivity contribution in [1.29, 1.82) is 0 Å². The molecule has 0 aliphatic heterocycles. The maximum atomic E-state index is 10.5. The Hall–Kier alpha value is -0.420. The van der Waals surface area contributed by atoms with Crippen molar-refractivity contribution in [2.24, 2.45) is 0 Å². The van der Waals surface area contributed by atoms with Crippen molar-refractivity contribution >= 4 is 67.0 Å². The third-order valence-corrected chi connectivity index (χ3v) is 5.88. The summed E-state index contributed by atoms with van der Waals surface area (Å²) in [5.41, 5.74) is 2.29. The van der Waals surface area contributed by atoms with E-state index >= 15 is 0 Å². The van der Waals surface area contributed by atoms with Crippen LogP contribution in [0.25, 0.3) is 21.8 Å². The fraction of sp³-hybridized carbons (Fsp3) is 0.368. The molecule has 0 unspecified atom stereocenters. The Morgan fingerprint density at radius 3 is 2.08 bits per heavy atom. The minimum absolute atomic E-state index is 0.0379. The molecule has 0 saturated heterocycles. The van der Waals surface area contributed by atoms with Gasteiger partial charge in [-0.2, -0.15) is 0 Å². The highest BCUT2D eigenvalue weighted by molar-refractivity contribution is 14.1. The van der Waals surface area contributed by atoms with Gasteiger partial charge in [0.05, 0.1) is 19.3 Å². The van der Waals surface area contributed by atoms with Crippen molar-refractivity contribution in [3.63, 3.8) is 0 Å². The van der Waals surface area contributed by atoms with Crippen molar-refractivity contribution < 1.29 is 10.2 Å². The van der Waals surface area contributed by atoms with Crippen LogP contribution in [0.3, 0.4) is 0 Å². The van der Waals surface area contributed by atoms with Gasteiger partial charge in [0, 0.05) is 41.5 Å². The second-order valence-electron chi connectivity index (χ2n) is 6.28. The van der Waals surface area contributed by atoms with Crippen molar-refractivity contribution in [2.75, 3.05) is 13.2 Å². The number of benzene rings is 2. The molecular weight excluding hydrogens is 542 g/mol. The van der Waals surface area contributed by atoms with E-state index in [0.29, 0.717) is 13.1 Å². The highest BCUT2D eigenvalue weighted by Gasteiger charge is 2.15. The lowest BCUT2D eigenvalue weighted by Gasteiger charge is -2.19. The summed E-state index contributed by atoms with van der Waals surface area (Å²) in [6.07, 6.45) is 0.327. The van der Waals surface area contributed by atoms with Gasteiger partial charge in [-0.05, 0) is 88.0 Å². The first-order valence-electron chi connectivity index (χ1n) is 8.42. The largest absolute Gasteiger partial charge is 0.395 e. The zero-order chi connectivity index (χ0) is 18.0. The molecule has 0 spiro atoms. The first-order chi connectivity index (χ1) is 12.0. The predicted molar refractivity (Wildman–Crippen MR) is 120 cm³/mol. The van der Waals surface area contributed by atoms with Crippen LogP contribution < -0.4 is 5.32 Å². The van der Waals surface area contributed by atoms with Gasteiger partial charge in [-0.3, -0.25) is 0 Å². The lowest BCUT2D eigenvalue weighted by molar-refractivity contribution is 0.141. The van der Waals surface area contributed by atoms with Crippen LogP contribution in [0.2, 0.25) is 0 Å². The van der Waals surface area contributed by atoms with Crippen molar-refractivity contribution in [3.8, 4) is 0 Å². The second-order valence-corrected chi connectivity index (χ2v) is 8.77. The fourth-order valence-corrected chi connectivity index (χ4v) is 4.14. The van der Waals surface area contributed by atoms with Crippen LogP contribution in [0, 0.1) is 7.14 Å². The maximum Gasteiger partial charge on any atom is 0.0843 e. The third-order valence-electron chi connectivity index (χ3n) is 4.54. The number of rotatable bonds is 7. The van der Waals surface area contributed by atoms with E-state index in [-0.39, 0.29) is 12.6 Å². The van der Waals surface area contributed by atoms with Gasteiger partial charge in [0.25, 0.3) is 0 Å². The molecule has 4 nitrogen and oxygen atoms in total. The number of fused-ring (bicyclic) bond motifs is 3. The van der Waals surface area contributed by atoms with Gasteiger partial charge in [0.2, 0.25) is 0 Å². The molecule has 1 heterocycles. The maximum absolute atomic E-state index is 10.5. The van der Waals surface area contributed by atoms with Crippen LogP contribution in [-0.2, 0) is 6.54 Å². The summed E-state index contributed by atoms with van der Waals surface area (Å²) in [5.74, 6) is 0. The molecule has 0 aliphatic carbocycles. The highest BCUT2D eigenvalue weighted by atomic mass is 127. The summed E-state index contributed by atoms with van der Waals surface area (Å²) in [6.45, 7) is 3.11. The van der Waals surface area contributed by atoms with Crippen LogP contribution in [0.1, 0.15) is 13.3 Å². The van der Waals surface area contributed by atoms with Gasteiger partial charge in [-0.15, -0.1) is 0 Å². The lowest BCUT2D eigenvalue weighted by atomic mass is 10.2. The lowest BCUT2D eigenvalue weighted by Crippen LogP contribution is -2.38. The standard InChI is InChI=1S/C19H22I2N2O2/c1-2-14(11-24)22-9-15(25)10-23-18-5-3-12(20)7-16(18)17-8-13(21)4-6-19(17)23/h3-8,14-15,22,24-25H,2,9-11H2,1H3/t14-,15+/m0/s1. The van der Waals surface area contributed by atoms with Crippen molar-refractivity contribution in [2.45, 2.75) is 32.0 Å². The number of nitrogens with one attached hydrogen (secondary N) is 1. The molecule has 3 rings (SSSR count). The second kappa shape index (κ2) is 8.51. The topological polar surface area (TPSA) is 57.4 Å². The van der Waals surface area contributed by atoms with Gasteiger partial charge >= 0.3 is 0 Å². The predicted octanol–water partition coefficient (Wildman–Crippen LogP) is 3.73. The Kier molecular flexibility index (Phi) is 6.59. The Morgan fingerprint density at radius 2 is 1.60 bits per heavy atom. The minimum Gasteiger partial charge on any atom is -0.395 e. The minimum atomic E-state index is -0.516. The zero-order valence-electron chi connectivity index (χ0n) is 14.0. The average molecular weight is 564 g/mol. The van der Waals surface area contributed by atoms with E-state index in [9.17, 15) is 10.2 Å². The average Bonchev–Trinajstić information content (AvgIpc) is 2.88. The van der Waals surface area contributed by atoms with Crippen LogP contribution in [0.5, 0.6) is 0 Å². The smallest absolute Gasteiger partial charge is 0.0843 e. The van der Waals surface area contributed by atoms with Gasteiger partial charge in [0.1, 0.15) is 0 Å². The Labute approximate surface area is 174 Å². The van der Waals surface area contributed by atoms with Gasteiger partial charge < -0.3 is 20.1 Å². The van der Waals surface area contributed by atoms with Crippen molar-refractivity contribution in [3.05, 3.63) is 43.5 Å². The molecule has 134 valence electrons. The summed E-state index contributed by atoms with van der Waals surface area (Å²) in [6, 6.07) is 12.9. The van der Waals surface area contributed by atoms with Crippen LogP contribution >= 0.6 is 45.2 Å². The molecule has 0 amide bonds. The Balaban J connectivity index is 1.94. The number of aliphatic hydroxyl groups excluding tert-OH is 2. The van der Waals surface area contributed by atoms with Crippen LogP contribution in [-0.4, -0.2) is 40.1 Å². The number of halogens is 2. The normalized spacial score (nSPS) is 14.3. The summed E-state index contributed by atoms with van der Waals surface area (Å²) in [4.78, 5) is 0. The molecule has 2 atom stereocenters. The number of aromatic nitrogens is 1. The third kappa shape index (κ3) is 4.29. The van der Waals surface area contributed by atoms with Crippen molar-refractivity contribution in [1.82, 2.24) is 9.88 Å². The number of hydrogen-bond acceptors (Lipinski definition) is 3. The molecule has 2 aromatic carbocycles. The molecule has 1 aromatic heterocycles. The number of nitrogens with zero attached hydrogens (tertiary/aromatic N) is 1. The highest BCUT2D eigenvalue weighted by Crippen LogP contribution is 2.31. The Morgan fingerprint density at radius 1 is 1.04 bits per heavy atom. The summed E-state index contributed by atoms with van der Waals surface area (Å²) >= 11 is 4.68. The van der Waals surface area contributed by atoms with Gasteiger partial charge in [0.15, 0.2) is 0 Å². The molecule has 0 bridgehead atoms. The van der Waals surface area contributed by atoms with E-state index in [2.05, 4.69) is 91.5 Å². The molecule has 0 saturated carbocycles. The molecule has 6 heteroatoms. The van der Waals surface area contributed by atoms with Crippen LogP contribution in [0.15, 0.2) is 36.4 Å². The molecule has 3 aromatic rings. The summed E-state index contributed by atoms with van der Waals surface area (Å²) in [7, 11) is 0. The fourth-order valence-electron chi connectivity index (χ4n) is 3.16. The van der Waals surface area contributed by atoms with E-state index in [1.807, 2.05) is 6.92 Å². The summed E-state index contributed by atoms with van der Waals surface area (Å²) < 4.78 is 4.61. The first kappa shape index (κ1) is 19.3.